The van der Waals surface area contributed by atoms with Crippen LogP contribution < -0.4 is 0 Å². The van der Waals surface area contributed by atoms with E-state index in [0.717, 1.165) is 12.6 Å². The van der Waals surface area contributed by atoms with Crippen molar-refractivity contribution in [3.8, 4) is 0 Å². The molecule has 2 heteroatoms. The van der Waals surface area contributed by atoms with Crippen LogP contribution in [0.5, 0.6) is 0 Å². The summed E-state index contributed by atoms with van der Waals surface area (Å²) in [5.41, 5.74) is 0. The second kappa shape index (κ2) is 3.11. The van der Waals surface area contributed by atoms with Crippen LogP contribution in [0.1, 0.15) is 25.7 Å². The first-order valence-electron chi connectivity index (χ1n) is 4.70. The Balaban J connectivity index is 2.00. The summed E-state index contributed by atoms with van der Waals surface area (Å²) in [4.78, 5) is 2.45. The van der Waals surface area contributed by atoms with Crippen molar-refractivity contribution in [3.63, 3.8) is 0 Å². The SMILES string of the molecule is CN1CCC2OCCCCC21. The Bertz CT molecular complexity index is 138. The van der Waals surface area contributed by atoms with Gasteiger partial charge in [0, 0.05) is 19.2 Å². The van der Waals surface area contributed by atoms with E-state index in [0.29, 0.717) is 6.10 Å². The minimum atomic E-state index is 0.558. The lowest BCUT2D eigenvalue weighted by Crippen LogP contribution is -2.32. The molecule has 0 aromatic rings. The summed E-state index contributed by atoms with van der Waals surface area (Å²) in [6.07, 6.45) is 5.77. The van der Waals surface area contributed by atoms with Crippen molar-refractivity contribution in [2.45, 2.75) is 37.8 Å². The molecule has 0 N–H and O–H groups in total. The molecule has 2 aliphatic rings. The number of fused-ring (bicyclic) bond motifs is 1. The first-order valence-corrected chi connectivity index (χ1v) is 4.70. The first-order chi connectivity index (χ1) is 5.38. The van der Waals surface area contributed by atoms with Gasteiger partial charge in [-0.25, -0.2) is 0 Å². The number of likely N-dealkylation sites (N-methyl/N-ethyl adjacent to an activating group) is 1. The molecule has 2 atom stereocenters. The van der Waals surface area contributed by atoms with Crippen LogP contribution in [0.15, 0.2) is 0 Å². The van der Waals surface area contributed by atoms with Gasteiger partial charge in [0.05, 0.1) is 6.10 Å². The molecule has 11 heavy (non-hydrogen) atoms. The molecular weight excluding hydrogens is 138 g/mol. The minimum absolute atomic E-state index is 0.558. The van der Waals surface area contributed by atoms with Crippen molar-refractivity contribution in [3.05, 3.63) is 0 Å². The molecule has 0 spiro atoms. The number of hydrogen-bond acceptors (Lipinski definition) is 2. The fourth-order valence-corrected chi connectivity index (χ4v) is 2.26. The largest absolute Gasteiger partial charge is 0.377 e. The van der Waals surface area contributed by atoms with Crippen molar-refractivity contribution < 1.29 is 4.74 Å². The van der Waals surface area contributed by atoms with Gasteiger partial charge in [0.2, 0.25) is 0 Å². The van der Waals surface area contributed by atoms with E-state index >= 15 is 0 Å². The van der Waals surface area contributed by atoms with Crippen LogP contribution in [0.3, 0.4) is 0 Å². The molecule has 2 aliphatic heterocycles. The third-order valence-corrected chi connectivity index (χ3v) is 2.99. The molecule has 2 saturated heterocycles. The maximum Gasteiger partial charge on any atom is 0.0742 e. The van der Waals surface area contributed by atoms with Crippen LogP contribution in [-0.4, -0.2) is 37.2 Å². The summed E-state index contributed by atoms with van der Waals surface area (Å²) in [7, 11) is 2.22. The number of likely N-dealkylation sites (tertiary alicyclic amines) is 1. The Morgan fingerprint density at radius 2 is 2.18 bits per heavy atom. The molecule has 0 amide bonds. The average Bonchev–Trinajstić information content (AvgIpc) is 2.25. The lowest BCUT2D eigenvalue weighted by atomic mass is 10.1. The van der Waals surface area contributed by atoms with E-state index in [2.05, 4.69) is 11.9 Å². The fraction of sp³-hybridized carbons (Fsp3) is 1.00. The maximum absolute atomic E-state index is 5.76. The van der Waals surface area contributed by atoms with Gasteiger partial charge in [-0.15, -0.1) is 0 Å². The van der Waals surface area contributed by atoms with Gasteiger partial charge < -0.3 is 9.64 Å². The summed E-state index contributed by atoms with van der Waals surface area (Å²) in [6.45, 7) is 2.23. The van der Waals surface area contributed by atoms with Crippen LogP contribution in [0, 0.1) is 0 Å². The molecule has 0 radical (unpaired) electrons. The Hall–Kier alpha value is -0.0800. The van der Waals surface area contributed by atoms with E-state index in [1.807, 2.05) is 0 Å². The highest BCUT2D eigenvalue weighted by atomic mass is 16.5. The molecule has 0 aromatic heterocycles. The van der Waals surface area contributed by atoms with Crippen molar-refractivity contribution in [1.29, 1.82) is 0 Å². The highest BCUT2D eigenvalue weighted by Gasteiger charge is 2.32. The summed E-state index contributed by atoms with van der Waals surface area (Å²) in [6, 6.07) is 0.734. The van der Waals surface area contributed by atoms with Crippen molar-refractivity contribution in [2.75, 3.05) is 20.2 Å². The standard InChI is InChI=1S/C9H17NO/c1-10-6-5-9-8(10)4-2-3-7-11-9/h8-9H,2-7H2,1H3. The van der Waals surface area contributed by atoms with E-state index in [1.165, 1.54) is 32.2 Å². The molecule has 2 nitrogen and oxygen atoms in total. The summed E-state index contributed by atoms with van der Waals surface area (Å²) in [5.74, 6) is 0. The predicted octanol–water partition coefficient (Wildman–Crippen LogP) is 1.26. The fourth-order valence-electron chi connectivity index (χ4n) is 2.26. The van der Waals surface area contributed by atoms with Crippen LogP contribution >= 0.6 is 0 Å². The molecule has 0 aromatic carbocycles. The third-order valence-electron chi connectivity index (χ3n) is 2.99. The Morgan fingerprint density at radius 1 is 1.27 bits per heavy atom. The summed E-state index contributed by atoms with van der Waals surface area (Å²) >= 11 is 0. The zero-order chi connectivity index (χ0) is 7.68. The highest BCUT2D eigenvalue weighted by molar-refractivity contribution is 4.87. The van der Waals surface area contributed by atoms with Gasteiger partial charge >= 0.3 is 0 Å². The summed E-state index contributed by atoms with van der Waals surface area (Å²) in [5, 5.41) is 0. The lowest BCUT2D eigenvalue weighted by molar-refractivity contribution is 0.0443. The van der Waals surface area contributed by atoms with E-state index in [-0.39, 0.29) is 0 Å². The Kier molecular flexibility index (Phi) is 2.14. The van der Waals surface area contributed by atoms with Crippen molar-refractivity contribution in [1.82, 2.24) is 4.90 Å². The van der Waals surface area contributed by atoms with Crippen LogP contribution in [-0.2, 0) is 4.74 Å². The summed E-state index contributed by atoms with van der Waals surface area (Å²) < 4.78 is 5.76. The topological polar surface area (TPSA) is 12.5 Å². The maximum atomic E-state index is 5.76. The molecule has 64 valence electrons. The van der Waals surface area contributed by atoms with Crippen LogP contribution in [0.4, 0.5) is 0 Å². The zero-order valence-electron chi connectivity index (χ0n) is 7.25. The van der Waals surface area contributed by atoms with Crippen molar-refractivity contribution >= 4 is 0 Å². The molecule has 2 heterocycles. The van der Waals surface area contributed by atoms with Gasteiger partial charge in [-0.3, -0.25) is 0 Å². The van der Waals surface area contributed by atoms with Crippen LogP contribution in [0.2, 0.25) is 0 Å². The highest BCUT2D eigenvalue weighted by Crippen LogP contribution is 2.26. The predicted molar refractivity (Wildman–Crippen MR) is 44.6 cm³/mol. The third kappa shape index (κ3) is 1.42. The van der Waals surface area contributed by atoms with Gasteiger partial charge in [-0.1, -0.05) is 0 Å². The molecular formula is C9H17NO. The lowest BCUT2D eigenvalue weighted by Gasteiger charge is -2.21. The molecule has 2 unspecified atom stereocenters. The normalized spacial score (nSPS) is 40.1. The van der Waals surface area contributed by atoms with E-state index in [1.54, 1.807) is 0 Å². The second-order valence-electron chi connectivity index (χ2n) is 3.74. The zero-order valence-corrected chi connectivity index (χ0v) is 7.25. The van der Waals surface area contributed by atoms with E-state index in [9.17, 15) is 0 Å². The number of rotatable bonds is 0. The minimum Gasteiger partial charge on any atom is -0.377 e. The second-order valence-corrected chi connectivity index (χ2v) is 3.74. The number of nitrogens with zero attached hydrogens (tertiary/aromatic N) is 1. The monoisotopic (exact) mass is 155 g/mol. The molecule has 0 saturated carbocycles. The van der Waals surface area contributed by atoms with Gasteiger partial charge in [0.1, 0.15) is 0 Å². The van der Waals surface area contributed by atoms with E-state index < -0.39 is 0 Å². The van der Waals surface area contributed by atoms with E-state index in [4.69, 9.17) is 4.74 Å². The Morgan fingerprint density at radius 3 is 3.09 bits per heavy atom. The average molecular weight is 155 g/mol. The smallest absolute Gasteiger partial charge is 0.0742 e. The molecule has 2 rings (SSSR count). The molecule has 0 bridgehead atoms. The van der Waals surface area contributed by atoms with Crippen molar-refractivity contribution in [2.24, 2.45) is 0 Å². The van der Waals surface area contributed by atoms with Gasteiger partial charge in [-0.2, -0.15) is 0 Å². The van der Waals surface area contributed by atoms with Gasteiger partial charge in [-0.05, 0) is 32.7 Å². The molecule has 2 fully saturated rings. The first kappa shape index (κ1) is 7.56. The quantitative estimate of drug-likeness (QED) is 0.522. The van der Waals surface area contributed by atoms with Crippen LogP contribution in [0.25, 0.3) is 0 Å². The van der Waals surface area contributed by atoms with Gasteiger partial charge in [0.25, 0.3) is 0 Å². The Labute approximate surface area is 68.5 Å². The van der Waals surface area contributed by atoms with Gasteiger partial charge in [0.15, 0.2) is 0 Å². The molecule has 0 aliphatic carbocycles. The number of ether oxygens (including phenoxy) is 1. The number of hydrogen-bond donors (Lipinski definition) is 0.